The van der Waals surface area contributed by atoms with E-state index in [0.717, 1.165) is 7.11 Å². The van der Waals surface area contributed by atoms with E-state index in [2.05, 4.69) is 4.74 Å². The number of hydrogen-bond acceptors (Lipinski definition) is 3. The average molecular weight is 241 g/mol. The number of rotatable bonds is 5. The van der Waals surface area contributed by atoms with Gasteiger partial charge in [0.25, 0.3) is 0 Å². The Hall–Kier alpha value is -0.780. The minimum atomic E-state index is -4.57. The van der Waals surface area contributed by atoms with Crippen molar-refractivity contribution in [2.75, 3.05) is 7.11 Å². The molecule has 0 radical (unpaired) electrons. The van der Waals surface area contributed by atoms with Crippen LogP contribution >= 0.6 is 0 Å². The number of esters is 1. The molecule has 3 nitrogen and oxygen atoms in total. The molecule has 0 bridgehead atoms. The lowest BCUT2D eigenvalue weighted by Crippen LogP contribution is -2.47. The number of alkyl halides is 3. The van der Waals surface area contributed by atoms with E-state index in [0.29, 0.717) is 6.42 Å². The lowest BCUT2D eigenvalue weighted by Gasteiger charge is -2.24. The van der Waals surface area contributed by atoms with Crippen LogP contribution in [0.5, 0.6) is 0 Å². The van der Waals surface area contributed by atoms with Gasteiger partial charge in [-0.25, -0.2) is 0 Å². The molecular weight excluding hydrogens is 223 g/mol. The first-order valence-electron chi connectivity index (χ1n) is 5.10. The van der Waals surface area contributed by atoms with Crippen LogP contribution < -0.4 is 5.73 Å². The summed E-state index contributed by atoms with van der Waals surface area (Å²) in [7, 11) is 1.06. The minimum Gasteiger partial charge on any atom is -0.469 e. The highest BCUT2D eigenvalue weighted by Crippen LogP contribution is 2.28. The van der Waals surface area contributed by atoms with Crippen LogP contribution in [0.3, 0.4) is 0 Å². The lowest BCUT2D eigenvalue weighted by molar-refractivity contribution is -0.175. The maximum atomic E-state index is 12.4. The molecule has 0 saturated carbocycles. The molecule has 2 atom stereocenters. The monoisotopic (exact) mass is 241 g/mol. The van der Waals surface area contributed by atoms with Gasteiger partial charge < -0.3 is 10.5 Å². The molecule has 0 aromatic rings. The fourth-order valence-corrected chi connectivity index (χ4v) is 1.34. The smallest absolute Gasteiger partial charge is 0.404 e. The third-order valence-electron chi connectivity index (χ3n) is 2.37. The lowest BCUT2D eigenvalue weighted by atomic mass is 9.91. The molecule has 0 aromatic carbocycles. The van der Waals surface area contributed by atoms with E-state index in [4.69, 9.17) is 5.73 Å². The normalized spacial score (nSPS) is 16.0. The van der Waals surface area contributed by atoms with E-state index in [1.54, 1.807) is 0 Å². The summed E-state index contributed by atoms with van der Waals surface area (Å²) in [5, 5.41) is 0. The number of halogens is 3. The van der Waals surface area contributed by atoms with Crippen molar-refractivity contribution in [3.8, 4) is 0 Å². The number of carbonyl (C=O) groups is 1. The molecule has 0 unspecified atom stereocenters. The molecule has 0 rings (SSSR count). The van der Waals surface area contributed by atoms with Crippen molar-refractivity contribution in [3.63, 3.8) is 0 Å². The van der Waals surface area contributed by atoms with Crippen molar-refractivity contribution < 1.29 is 22.7 Å². The maximum absolute atomic E-state index is 12.4. The highest BCUT2D eigenvalue weighted by atomic mass is 19.4. The fourth-order valence-electron chi connectivity index (χ4n) is 1.34. The first kappa shape index (κ1) is 15.2. The van der Waals surface area contributed by atoms with Gasteiger partial charge in [0, 0.05) is 0 Å². The maximum Gasteiger partial charge on any atom is 0.404 e. The van der Waals surface area contributed by atoms with Gasteiger partial charge >= 0.3 is 12.1 Å². The van der Waals surface area contributed by atoms with Gasteiger partial charge in [-0.15, -0.1) is 0 Å². The second kappa shape index (κ2) is 6.08. The van der Waals surface area contributed by atoms with Crippen LogP contribution in [0, 0.1) is 11.8 Å². The first-order valence-corrected chi connectivity index (χ1v) is 5.10. The molecule has 96 valence electrons. The van der Waals surface area contributed by atoms with Crippen molar-refractivity contribution in [2.45, 2.75) is 38.9 Å². The van der Waals surface area contributed by atoms with Crippen molar-refractivity contribution in [3.05, 3.63) is 0 Å². The third kappa shape index (κ3) is 4.83. The van der Waals surface area contributed by atoms with Gasteiger partial charge in [0.1, 0.15) is 6.04 Å². The highest BCUT2D eigenvalue weighted by molar-refractivity contribution is 5.73. The van der Waals surface area contributed by atoms with Gasteiger partial charge in [-0.3, -0.25) is 4.79 Å². The molecule has 0 fully saturated rings. The average Bonchev–Trinajstić information content (AvgIpc) is 2.15. The minimum absolute atomic E-state index is 0.0883. The molecule has 0 amide bonds. The molecular formula is C10H18F3NO2. The summed E-state index contributed by atoms with van der Waals surface area (Å²) in [6.07, 6.45) is -3.98. The molecule has 0 aliphatic carbocycles. The van der Waals surface area contributed by atoms with Gasteiger partial charge in [-0.05, 0) is 12.3 Å². The highest BCUT2D eigenvalue weighted by Gasteiger charge is 2.45. The van der Waals surface area contributed by atoms with Crippen LogP contribution in [0.25, 0.3) is 0 Å². The van der Waals surface area contributed by atoms with E-state index in [-0.39, 0.29) is 12.3 Å². The number of ether oxygens (including phenoxy) is 1. The van der Waals surface area contributed by atoms with Gasteiger partial charge in [-0.1, -0.05) is 20.3 Å². The third-order valence-corrected chi connectivity index (χ3v) is 2.37. The molecule has 0 aromatic heterocycles. The molecule has 16 heavy (non-hydrogen) atoms. The van der Waals surface area contributed by atoms with E-state index in [9.17, 15) is 18.0 Å². The van der Waals surface area contributed by atoms with E-state index < -0.39 is 24.1 Å². The Kier molecular flexibility index (Phi) is 5.78. The van der Waals surface area contributed by atoms with Gasteiger partial charge in [0.15, 0.2) is 0 Å². The number of nitrogens with two attached hydrogens (primary N) is 1. The van der Waals surface area contributed by atoms with Crippen LogP contribution in [0.15, 0.2) is 0 Å². The standard InChI is InChI=1S/C10H18F3NO2/c1-6(2)4-5-7(9(15)16-3)8(14)10(11,12)13/h6-8H,4-5,14H2,1-3H3/t7-,8-/m0/s1. The topological polar surface area (TPSA) is 52.3 Å². The van der Waals surface area contributed by atoms with E-state index in [1.807, 2.05) is 13.8 Å². The summed E-state index contributed by atoms with van der Waals surface area (Å²) in [6.45, 7) is 3.74. The Morgan fingerprint density at radius 1 is 1.31 bits per heavy atom. The largest absolute Gasteiger partial charge is 0.469 e. The molecule has 0 spiro atoms. The van der Waals surface area contributed by atoms with Crippen molar-refractivity contribution >= 4 is 5.97 Å². The first-order chi connectivity index (χ1) is 7.20. The van der Waals surface area contributed by atoms with Crippen molar-refractivity contribution in [1.82, 2.24) is 0 Å². The zero-order valence-electron chi connectivity index (χ0n) is 9.67. The zero-order valence-corrected chi connectivity index (χ0v) is 9.67. The molecule has 0 aliphatic rings. The summed E-state index contributed by atoms with van der Waals surface area (Å²) < 4.78 is 41.5. The number of hydrogen-bond donors (Lipinski definition) is 1. The second-order valence-corrected chi connectivity index (χ2v) is 4.17. The molecule has 0 saturated heterocycles. The van der Waals surface area contributed by atoms with Crippen LogP contribution in [0.2, 0.25) is 0 Å². The van der Waals surface area contributed by atoms with Gasteiger partial charge in [0.2, 0.25) is 0 Å². The molecule has 2 N–H and O–H groups in total. The Balaban J connectivity index is 4.61. The quantitative estimate of drug-likeness (QED) is 0.750. The van der Waals surface area contributed by atoms with Crippen LogP contribution in [-0.4, -0.2) is 25.3 Å². The van der Waals surface area contributed by atoms with Crippen molar-refractivity contribution in [2.24, 2.45) is 17.6 Å². The summed E-state index contributed by atoms with van der Waals surface area (Å²) in [5.41, 5.74) is 5.03. The zero-order chi connectivity index (χ0) is 12.9. The van der Waals surface area contributed by atoms with Gasteiger partial charge in [-0.2, -0.15) is 13.2 Å². The summed E-state index contributed by atoms with van der Waals surface area (Å²) in [4.78, 5) is 11.2. The van der Waals surface area contributed by atoms with Gasteiger partial charge in [0.05, 0.1) is 13.0 Å². The molecule has 6 heteroatoms. The number of methoxy groups -OCH3 is 1. The summed E-state index contributed by atoms with van der Waals surface area (Å²) in [5.74, 6) is -1.99. The Bertz CT molecular complexity index is 229. The van der Waals surface area contributed by atoms with E-state index in [1.165, 1.54) is 0 Å². The second-order valence-electron chi connectivity index (χ2n) is 4.17. The Morgan fingerprint density at radius 2 is 1.81 bits per heavy atom. The van der Waals surface area contributed by atoms with Crippen LogP contribution in [0.1, 0.15) is 26.7 Å². The molecule has 0 heterocycles. The Labute approximate surface area is 93.1 Å². The predicted octanol–water partition coefficient (Wildman–Crippen LogP) is 2.10. The number of carbonyl (C=O) groups excluding carboxylic acids is 1. The SMILES string of the molecule is COC(=O)[C@@H](CCC(C)C)[C@H](N)C(F)(F)F. The predicted molar refractivity (Wildman–Crippen MR) is 53.6 cm³/mol. The van der Waals surface area contributed by atoms with Crippen LogP contribution in [-0.2, 0) is 9.53 Å². The van der Waals surface area contributed by atoms with Crippen molar-refractivity contribution in [1.29, 1.82) is 0 Å². The van der Waals surface area contributed by atoms with Crippen LogP contribution in [0.4, 0.5) is 13.2 Å². The fraction of sp³-hybridized carbons (Fsp3) is 0.900. The summed E-state index contributed by atoms with van der Waals surface area (Å²) >= 11 is 0. The Morgan fingerprint density at radius 3 is 2.12 bits per heavy atom. The molecule has 0 aliphatic heterocycles. The summed E-state index contributed by atoms with van der Waals surface area (Å²) in [6, 6.07) is -2.15. The van der Waals surface area contributed by atoms with E-state index >= 15 is 0 Å².